The zero-order valence-electron chi connectivity index (χ0n) is 19.6. The Kier molecular flexibility index (Phi) is 11.9. The smallest absolute Gasteiger partial charge is 0.303 e. The first-order valence-electron chi connectivity index (χ1n) is 12.8. The zero-order chi connectivity index (χ0) is 23.5. The van der Waals surface area contributed by atoms with Crippen LogP contribution < -0.4 is 0 Å². The van der Waals surface area contributed by atoms with Gasteiger partial charge in [0.15, 0.2) is 11.9 Å². The van der Waals surface area contributed by atoms with Crippen molar-refractivity contribution in [3.8, 4) is 0 Å². The topological polar surface area (TPSA) is 94.5 Å². The van der Waals surface area contributed by atoms with Crippen LogP contribution in [0.25, 0.3) is 0 Å². The van der Waals surface area contributed by atoms with Crippen molar-refractivity contribution in [1.29, 1.82) is 0 Å². The van der Waals surface area contributed by atoms with Crippen molar-refractivity contribution in [2.75, 3.05) is 19.8 Å². The van der Waals surface area contributed by atoms with Gasteiger partial charge in [-0.1, -0.05) is 36.6 Å². The van der Waals surface area contributed by atoms with Crippen molar-refractivity contribution in [3.05, 3.63) is 12.2 Å². The number of hydrogen-bond acceptors (Lipinski definition) is 6. The van der Waals surface area contributed by atoms with Crippen molar-refractivity contribution in [1.82, 2.24) is 0 Å². The number of carbonyl (C=O) groups is 1. The second kappa shape index (κ2) is 14.6. The number of aliphatic hydroxyl groups is 1. The van der Waals surface area contributed by atoms with E-state index in [-0.39, 0.29) is 42.3 Å². The minimum absolute atomic E-state index is 0.0121. The van der Waals surface area contributed by atoms with Gasteiger partial charge in [-0.3, -0.25) is 4.79 Å². The number of hydrogen-bond donors (Lipinski definition) is 2. The molecule has 0 bridgehead atoms. The molecule has 0 spiro atoms. The Morgan fingerprint density at radius 2 is 1.85 bits per heavy atom. The molecular formula is C25H41ClO7. The van der Waals surface area contributed by atoms with Crippen molar-refractivity contribution >= 4 is 17.6 Å². The first-order chi connectivity index (χ1) is 16.0. The van der Waals surface area contributed by atoms with Crippen LogP contribution in [0.4, 0.5) is 0 Å². The lowest BCUT2D eigenvalue weighted by Gasteiger charge is -2.29. The predicted molar refractivity (Wildman–Crippen MR) is 125 cm³/mol. The van der Waals surface area contributed by atoms with Crippen molar-refractivity contribution in [2.24, 2.45) is 11.8 Å². The summed E-state index contributed by atoms with van der Waals surface area (Å²) >= 11 is 6.13. The fourth-order valence-corrected chi connectivity index (χ4v) is 5.37. The van der Waals surface area contributed by atoms with E-state index < -0.39 is 12.1 Å². The van der Waals surface area contributed by atoms with E-state index in [1.54, 1.807) is 0 Å². The van der Waals surface area contributed by atoms with Gasteiger partial charge in [0.1, 0.15) is 0 Å². The molecule has 190 valence electrons. The number of unbranched alkanes of at least 4 members (excludes halogenated alkanes) is 4. The average Bonchev–Trinajstić information content (AvgIpc) is 3.07. The maximum atomic E-state index is 11.3. The number of allylic oxidation sites excluding steroid dienone is 1. The van der Waals surface area contributed by atoms with Gasteiger partial charge in [0.05, 0.1) is 24.7 Å². The molecule has 2 saturated heterocycles. The van der Waals surface area contributed by atoms with Crippen molar-refractivity contribution in [2.45, 2.75) is 107 Å². The maximum Gasteiger partial charge on any atom is 0.303 e. The van der Waals surface area contributed by atoms with Crippen LogP contribution in [-0.4, -0.2) is 66.2 Å². The fourth-order valence-electron chi connectivity index (χ4n) is 5.09. The Morgan fingerprint density at radius 1 is 1.03 bits per heavy atom. The van der Waals surface area contributed by atoms with Gasteiger partial charge in [-0.2, -0.15) is 0 Å². The normalized spacial score (nSPS) is 35.3. The highest BCUT2D eigenvalue weighted by molar-refractivity contribution is 6.20. The molecule has 0 radical (unpaired) electrons. The molecule has 1 saturated carbocycles. The number of aliphatic carboxylic acids is 1. The molecule has 7 atom stereocenters. The summed E-state index contributed by atoms with van der Waals surface area (Å²) in [5.74, 6) is -1.30. The molecule has 0 aromatic rings. The third-order valence-corrected chi connectivity index (χ3v) is 7.33. The largest absolute Gasteiger partial charge is 0.481 e. The first kappa shape index (κ1) is 26.9. The minimum Gasteiger partial charge on any atom is -0.481 e. The van der Waals surface area contributed by atoms with Crippen LogP contribution in [0.5, 0.6) is 0 Å². The lowest BCUT2D eigenvalue weighted by atomic mass is 9.90. The van der Waals surface area contributed by atoms with Crippen LogP contribution in [0.1, 0.15) is 77.0 Å². The highest BCUT2D eigenvalue weighted by Gasteiger charge is 2.43. The van der Waals surface area contributed by atoms with Gasteiger partial charge in [0, 0.05) is 38.1 Å². The molecule has 8 heteroatoms. The number of ether oxygens (including phenoxy) is 4. The second-order valence-electron chi connectivity index (χ2n) is 9.52. The Bertz CT molecular complexity index is 595. The summed E-state index contributed by atoms with van der Waals surface area (Å²) in [7, 11) is 0. The Labute approximate surface area is 202 Å². The highest BCUT2D eigenvalue weighted by atomic mass is 35.5. The number of alkyl halides is 1. The van der Waals surface area contributed by atoms with Crippen LogP contribution >= 0.6 is 11.6 Å². The van der Waals surface area contributed by atoms with Gasteiger partial charge in [-0.05, 0) is 51.4 Å². The monoisotopic (exact) mass is 488 g/mol. The molecule has 7 nitrogen and oxygen atoms in total. The van der Waals surface area contributed by atoms with E-state index in [9.17, 15) is 15.0 Å². The standard InChI is InChI=1S/C25H41ClO7/c26-25-21(11-9-15-32-25)30-13-7-4-2-1-3-5-10-18-19(16-23(28)29)20(27)17-22(18)33-24-12-6-8-14-31-24/h5,10,18-22,24-25,27H,1-4,6-9,11-17H2,(H,28,29)/t18-,19-,20+,21-,22-,24?,25-/m1/s1. The van der Waals surface area contributed by atoms with E-state index in [0.29, 0.717) is 19.6 Å². The lowest BCUT2D eigenvalue weighted by Crippen LogP contribution is -2.32. The maximum absolute atomic E-state index is 11.3. The third kappa shape index (κ3) is 9.11. The number of carboxylic acid groups (broad SMARTS) is 1. The molecule has 0 aromatic carbocycles. The fraction of sp³-hybridized carbons (Fsp3) is 0.880. The molecule has 33 heavy (non-hydrogen) atoms. The van der Waals surface area contributed by atoms with Gasteiger partial charge in [0.25, 0.3) is 0 Å². The van der Waals surface area contributed by atoms with Crippen LogP contribution in [0.15, 0.2) is 12.2 Å². The van der Waals surface area contributed by atoms with Gasteiger partial charge in [0.2, 0.25) is 0 Å². The van der Waals surface area contributed by atoms with E-state index >= 15 is 0 Å². The van der Waals surface area contributed by atoms with Crippen LogP contribution in [-0.2, 0) is 23.7 Å². The van der Waals surface area contributed by atoms with E-state index in [1.807, 2.05) is 0 Å². The summed E-state index contributed by atoms with van der Waals surface area (Å²) in [6, 6.07) is 0. The zero-order valence-corrected chi connectivity index (χ0v) is 20.4. The van der Waals surface area contributed by atoms with E-state index in [1.165, 1.54) is 0 Å². The number of aliphatic hydroxyl groups excluding tert-OH is 1. The minimum atomic E-state index is -0.880. The van der Waals surface area contributed by atoms with Gasteiger partial charge < -0.3 is 29.2 Å². The first-order valence-corrected chi connectivity index (χ1v) is 13.2. The molecule has 0 amide bonds. The molecule has 1 aliphatic carbocycles. The van der Waals surface area contributed by atoms with Crippen molar-refractivity contribution in [3.63, 3.8) is 0 Å². The summed E-state index contributed by atoms with van der Waals surface area (Å²) < 4.78 is 23.1. The average molecular weight is 489 g/mol. The summed E-state index contributed by atoms with van der Waals surface area (Å²) in [5.41, 5.74) is -0.319. The molecule has 2 heterocycles. The van der Waals surface area contributed by atoms with Crippen LogP contribution in [0, 0.1) is 11.8 Å². The molecule has 3 fully saturated rings. The van der Waals surface area contributed by atoms with Crippen LogP contribution in [0.2, 0.25) is 0 Å². The van der Waals surface area contributed by atoms with Gasteiger partial charge in [-0.25, -0.2) is 0 Å². The van der Waals surface area contributed by atoms with Gasteiger partial charge in [-0.15, -0.1) is 0 Å². The summed E-state index contributed by atoms with van der Waals surface area (Å²) in [5, 5.41) is 19.8. The summed E-state index contributed by atoms with van der Waals surface area (Å²) in [6.45, 7) is 2.14. The number of carboxylic acids is 1. The summed E-state index contributed by atoms with van der Waals surface area (Å²) in [4.78, 5) is 11.3. The van der Waals surface area contributed by atoms with E-state index in [4.69, 9.17) is 30.5 Å². The molecule has 2 N–H and O–H groups in total. The van der Waals surface area contributed by atoms with E-state index in [0.717, 1.165) is 70.8 Å². The second-order valence-corrected chi connectivity index (χ2v) is 9.95. The molecule has 3 aliphatic rings. The number of halogens is 1. The molecule has 3 rings (SSSR count). The van der Waals surface area contributed by atoms with Gasteiger partial charge >= 0.3 is 5.97 Å². The third-order valence-electron chi connectivity index (χ3n) is 6.92. The molecule has 2 aliphatic heterocycles. The predicted octanol–water partition coefficient (Wildman–Crippen LogP) is 4.64. The molecular weight excluding hydrogens is 448 g/mol. The van der Waals surface area contributed by atoms with Crippen molar-refractivity contribution < 1.29 is 34.0 Å². The Balaban J connectivity index is 1.36. The quantitative estimate of drug-likeness (QED) is 0.221. The van der Waals surface area contributed by atoms with E-state index in [2.05, 4.69) is 12.2 Å². The summed E-state index contributed by atoms with van der Waals surface area (Å²) in [6.07, 6.45) is 13.7. The lowest BCUT2D eigenvalue weighted by molar-refractivity contribution is -0.193. The number of rotatable bonds is 13. The Hall–Kier alpha value is -0.700. The molecule has 1 unspecified atom stereocenters. The SMILES string of the molecule is O=C(O)C[C@@H]1[C@@H](C=CCCCCCCO[C@@H]2CCCO[C@H]2Cl)[C@H](OC2CCCCO2)C[C@@H]1O. The Morgan fingerprint density at radius 3 is 2.61 bits per heavy atom. The van der Waals surface area contributed by atoms with Crippen LogP contribution in [0.3, 0.4) is 0 Å². The molecule has 0 aromatic heterocycles. The highest BCUT2D eigenvalue weighted by Crippen LogP contribution is 2.39.